The summed E-state index contributed by atoms with van der Waals surface area (Å²) in [5.74, 6) is 2.46. The average Bonchev–Trinajstić information content (AvgIpc) is 2.76. The molecule has 0 saturated heterocycles. The maximum Gasteiger partial charge on any atom is 0.0373 e. The van der Waals surface area contributed by atoms with Gasteiger partial charge < -0.3 is 0 Å². The predicted molar refractivity (Wildman–Crippen MR) is 90.7 cm³/mol. The van der Waals surface area contributed by atoms with Gasteiger partial charge in [-0.25, -0.2) is 0 Å². The van der Waals surface area contributed by atoms with Crippen LogP contribution in [-0.4, -0.2) is 5.38 Å². The molecule has 0 spiro atoms. The van der Waals surface area contributed by atoms with Crippen molar-refractivity contribution in [2.75, 3.05) is 0 Å². The molecule has 0 N–H and O–H groups in total. The average molecular weight is 325 g/mol. The molecular formula is C19H26Cl2. The second-order valence-corrected chi connectivity index (χ2v) is 9.37. The van der Waals surface area contributed by atoms with Gasteiger partial charge in [-0.2, -0.15) is 0 Å². The summed E-state index contributed by atoms with van der Waals surface area (Å²) >= 11 is 13.0. The van der Waals surface area contributed by atoms with Crippen LogP contribution in [0.25, 0.3) is 0 Å². The van der Waals surface area contributed by atoms with Crippen molar-refractivity contribution in [3.63, 3.8) is 0 Å². The molecule has 2 fully saturated rings. The molecule has 0 nitrogen and oxygen atoms in total. The molecule has 0 bridgehead atoms. The minimum atomic E-state index is 0.272. The molecule has 4 aliphatic rings. The van der Waals surface area contributed by atoms with Crippen LogP contribution in [0.4, 0.5) is 0 Å². The lowest BCUT2D eigenvalue weighted by molar-refractivity contribution is -0.0141. The summed E-state index contributed by atoms with van der Waals surface area (Å²) in [7, 11) is 0. The molecule has 116 valence electrons. The first-order valence-corrected chi connectivity index (χ1v) is 9.46. The minimum absolute atomic E-state index is 0.272. The van der Waals surface area contributed by atoms with E-state index in [1.54, 1.807) is 5.57 Å². The van der Waals surface area contributed by atoms with Crippen LogP contribution >= 0.6 is 23.2 Å². The van der Waals surface area contributed by atoms with E-state index in [0.717, 1.165) is 29.2 Å². The van der Waals surface area contributed by atoms with Crippen molar-refractivity contribution in [2.45, 2.75) is 64.2 Å². The van der Waals surface area contributed by atoms with Gasteiger partial charge >= 0.3 is 0 Å². The molecule has 0 amide bonds. The Morgan fingerprint density at radius 1 is 1.00 bits per heavy atom. The van der Waals surface area contributed by atoms with Crippen molar-refractivity contribution >= 4 is 23.2 Å². The highest BCUT2D eigenvalue weighted by atomic mass is 35.5. The molecule has 0 unspecified atom stereocenters. The van der Waals surface area contributed by atoms with Gasteiger partial charge in [0.1, 0.15) is 0 Å². The number of hydrogen-bond donors (Lipinski definition) is 0. The first kappa shape index (κ1) is 14.6. The number of fused-ring (bicyclic) bond motifs is 5. The van der Waals surface area contributed by atoms with E-state index in [2.05, 4.69) is 26.0 Å². The van der Waals surface area contributed by atoms with Gasteiger partial charge in [0, 0.05) is 15.8 Å². The third-order valence-electron chi connectivity index (χ3n) is 7.53. The zero-order valence-corrected chi connectivity index (χ0v) is 14.7. The quantitative estimate of drug-likeness (QED) is 0.363. The van der Waals surface area contributed by atoms with E-state index >= 15 is 0 Å². The second kappa shape index (κ2) is 4.78. The molecule has 2 saturated carbocycles. The van der Waals surface area contributed by atoms with Crippen molar-refractivity contribution in [1.29, 1.82) is 0 Å². The SMILES string of the molecule is C[C@]12CC[C@H](Cl)CC1=CC[C@@H]1[C@@H]2CC[C@]2(C)C(Cl)=CC[C@@H]12. The fourth-order valence-corrected chi connectivity index (χ4v) is 6.73. The molecule has 4 rings (SSSR count). The largest absolute Gasteiger partial charge is 0.123 e. The van der Waals surface area contributed by atoms with Gasteiger partial charge in [0.05, 0.1) is 0 Å². The Morgan fingerprint density at radius 2 is 1.76 bits per heavy atom. The molecule has 4 aliphatic carbocycles. The summed E-state index contributed by atoms with van der Waals surface area (Å²) in [5, 5.41) is 1.52. The van der Waals surface area contributed by atoms with Crippen LogP contribution in [0.5, 0.6) is 0 Å². The fraction of sp³-hybridized carbons (Fsp3) is 0.789. The Kier molecular flexibility index (Phi) is 3.33. The van der Waals surface area contributed by atoms with Gasteiger partial charge in [0.25, 0.3) is 0 Å². The molecule has 0 heterocycles. The molecule has 0 aromatic carbocycles. The van der Waals surface area contributed by atoms with E-state index in [1.807, 2.05) is 0 Å². The highest BCUT2D eigenvalue weighted by molar-refractivity contribution is 6.30. The van der Waals surface area contributed by atoms with Crippen LogP contribution < -0.4 is 0 Å². The molecule has 6 atom stereocenters. The molecule has 21 heavy (non-hydrogen) atoms. The van der Waals surface area contributed by atoms with Crippen LogP contribution in [0.1, 0.15) is 58.8 Å². The van der Waals surface area contributed by atoms with Crippen LogP contribution in [0.15, 0.2) is 22.8 Å². The summed E-state index contributed by atoms with van der Waals surface area (Å²) in [5.41, 5.74) is 2.37. The van der Waals surface area contributed by atoms with Crippen molar-refractivity contribution in [3.05, 3.63) is 22.8 Å². The molecule has 0 aromatic heterocycles. The predicted octanol–water partition coefficient (Wildman–Crippen LogP) is 6.29. The first-order chi connectivity index (χ1) is 9.95. The van der Waals surface area contributed by atoms with Gasteiger partial charge in [-0.15, -0.1) is 11.6 Å². The van der Waals surface area contributed by atoms with Gasteiger partial charge in [-0.05, 0) is 68.1 Å². The van der Waals surface area contributed by atoms with Crippen LogP contribution in [0.3, 0.4) is 0 Å². The monoisotopic (exact) mass is 324 g/mol. The highest BCUT2D eigenvalue weighted by Gasteiger charge is 2.56. The number of halogens is 2. The van der Waals surface area contributed by atoms with E-state index in [1.165, 1.54) is 38.5 Å². The van der Waals surface area contributed by atoms with E-state index < -0.39 is 0 Å². The standard InChI is InChI=1S/C19H26Cl2/c1-18-9-7-13(20)11-12(18)3-4-14-15-5-6-17(21)19(15,2)10-8-16(14)18/h3,6,13-16H,4-5,7-11H2,1-2H3/t13-,14-,15-,16-,18-,19-/m0/s1. The number of alkyl halides is 1. The topological polar surface area (TPSA) is 0 Å². The Bertz CT molecular complexity index is 520. The van der Waals surface area contributed by atoms with E-state index in [0.29, 0.717) is 10.8 Å². The summed E-state index contributed by atoms with van der Waals surface area (Å²) < 4.78 is 0. The third kappa shape index (κ3) is 1.94. The number of allylic oxidation sites excluding steroid dienone is 4. The third-order valence-corrected chi connectivity index (χ3v) is 8.49. The lowest BCUT2D eigenvalue weighted by Gasteiger charge is -2.57. The fourth-order valence-electron chi connectivity index (χ4n) is 6.13. The summed E-state index contributed by atoms with van der Waals surface area (Å²) in [6, 6.07) is 0. The van der Waals surface area contributed by atoms with E-state index in [-0.39, 0.29) is 5.41 Å². The van der Waals surface area contributed by atoms with Crippen LogP contribution in [0.2, 0.25) is 0 Å². The Hall–Kier alpha value is 0.0600. The normalized spacial score (nSPS) is 52.4. The lowest BCUT2D eigenvalue weighted by atomic mass is 9.48. The molecular weight excluding hydrogens is 299 g/mol. The number of hydrogen-bond acceptors (Lipinski definition) is 0. The number of rotatable bonds is 0. The van der Waals surface area contributed by atoms with Gasteiger partial charge in [-0.3, -0.25) is 0 Å². The second-order valence-electron chi connectivity index (χ2n) is 8.34. The van der Waals surface area contributed by atoms with Crippen LogP contribution in [0, 0.1) is 28.6 Å². The zero-order valence-electron chi connectivity index (χ0n) is 13.2. The summed E-state index contributed by atoms with van der Waals surface area (Å²) in [6.07, 6.45) is 13.6. The van der Waals surface area contributed by atoms with Crippen molar-refractivity contribution < 1.29 is 0 Å². The van der Waals surface area contributed by atoms with Crippen molar-refractivity contribution in [3.8, 4) is 0 Å². The first-order valence-electron chi connectivity index (χ1n) is 8.65. The maximum absolute atomic E-state index is 6.58. The Balaban J connectivity index is 1.68. The van der Waals surface area contributed by atoms with Crippen molar-refractivity contribution in [1.82, 2.24) is 0 Å². The van der Waals surface area contributed by atoms with Gasteiger partial charge in [0.2, 0.25) is 0 Å². The highest BCUT2D eigenvalue weighted by Crippen LogP contribution is 2.65. The molecule has 0 radical (unpaired) electrons. The summed E-state index contributed by atoms with van der Waals surface area (Å²) in [4.78, 5) is 0. The minimum Gasteiger partial charge on any atom is -0.123 e. The van der Waals surface area contributed by atoms with Crippen molar-refractivity contribution in [2.24, 2.45) is 28.6 Å². The van der Waals surface area contributed by atoms with Gasteiger partial charge in [-0.1, -0.05) is 43.2 Å². The maximum atomic E-state index is 6.58. The Labute approximate surface area is 139 Å². The van der Waals surface area contributed by atoms with E-state index in [9.17, 15) is 0 Å². The lowest BCUT2D eigenvalue weighted by Crippen LogP contribution is -2.49. The van der Waals surface area contributed by atoms with Crippen LogP contribution in [-0.2, 0) is 0 Å². The van der Waals surface area contributed by atoms with Gasteiger partial charge in [0.15, 0.2) is 0 Å². The summed E-state index contributed by atoms with van der Waals surface area (Å²) in [6.45, 7) is 4.95. The Morgan fingerprint density at radius 3 is 2.57 bits per heavy atom. The van der Waals surface area contributed by atoms with E-state index in [4.69, 9.17) is 23.2 Å². The smallest absolute Gasteiger partial charge is 0.0373 e. The zero-order chi connectivity index (χ0) is 14.8. The molecule has 0 aromatic rings. The molecule has 0 aliphatic heterocycles. The molecule has 2 heteroatoms.